The Bertz CT molecular complexity index is 227. The molecule has 1 N–H and O–H groups in total. The predicted octanol–water partition coefficient (Wildman–Crippen LogP) is 2.43. The van der Waals surface area contributed by atoms with Gasteiger partial charge in [0.2, 0.25) is 0 Å². The first-order chi connectivity index (χ1) is 6.76. The summed E-state index contributed by atoms with van der Waals surface area (Å²) in [5.74, 6) is 0. The maximum absolute atomic E-state index is 3.27. The second-order valence-electron chi connectivity index (χ2n) is 3.96. The van der Waals surface area contributed by atoms with Crippen LogP contribution >= 0.6 is 0 Å². The molecule has 1 aromatic rings. The minimum absolute atomic E-state index is 1.17. The molecule has 0 aliphatic rings. The minimum Gasteiger partial charge on any atom is -0.365 e. The predicted molar refractivity (Wildman–Crippen MR) is 61.2 cm³/mol. The van der Waals surface area contributed by atoms with Gasteiger partial charge in [0.15, 0.2) is 0 Å². The normalized spacial score (nSPS) is 11.9. The zero-order chi connectivity index (χ0) is 10.4. The SMILES string of the molecule is CC[N+](CC)(CC)CCc1ccc[nH]1. The van der Waals surface area contributed by atoms with Gasteiger partial charge in [0.05, 0.1) is 26.2 Å². The van der Waals surface area contributed by atoms with Gasteiger partial charge >= 0.3 is 0 Å². The first-order valence-electron chi connectivity index (χ1n) is 5.73. The van der Waals surface area contributed by atoms with E-state index in [2.05, 4.69) is 37.9 Å². The van der Waals surface area contributed by atoms with Crippen molar-refractivity contribution in [1.82, 2.24) is 4.98 Å². The highest BCUT2D eigenvalue weighted by Gasteiger charge is 2.19. The summed E-state index contributed by atoms with van der Waals surface area (Å²) in [5.41, 5.74) is 1.36. The van der Waals surface area contributed by atoms with Crippen LogP contribution in [0.2, 0.25) is 0 Å². The first kappa shape index (κ1) is 11.3. The van der Waals surface area contributed by atoms with E-state index in [4.69, 9.17) is 0 Å². The van der Waals surface area contributed by atoms with E-state index in [0.29, 0.717) is 0 Å². The molecule has 0 aromatic carbocycles. The molecule has 0 spiro atoms. The van der Waals surface area contributed by atoms with E-state index >= 15 is 0 Å². The van der Waals surface area contributed by atoms with E-state index in [1.54, 1.807) is 0 Å². The maximum atomic E-state index is 3.27. The molecule has 80 valence electrons. The van der Waals surface area contributed by atoms with E-state index in [0.717, 1.165) is 0 Å². The third-order valence-electron chi connectivity index (χ3n) is 3.53. The van der Waals surface area contributed by atoms with Crippen LogP contribution in [0.15, 0.2) is 18.3 Å². The van der Waals surface area contributed by atoms with Gasteiger partial charge in [-0.3, -0.25) is 0 Å². The third kappa shape index (κ3) is 2.61. The zero-order valence-electron chi connectivity index (χ0n) is 9.71. The van der Waals surface area contributed by atoms with Gasteiger partial charge in [0, 0.05) is 18.3 Å². The van der Waals surface area contributed by atoms with Gasteiger partial charge in [-0.05, 0) is 32.9 Å². The number of quaternary nitrogens is 1. The van der Waals surface area contributed by atoms with Crippen molar-refractivity contribution in [2.75, 3.05) is 26.2 Å². The smallest absolute Gasteiger partial charge is 0.0841 e. The van der Waals surface area contributed by atoms with E-state index in [9.17, 15) is 0 Å². The van der Waals surface area contributed by atoms with Gasteiger partial charge in [0.1, 0.15) is 0 Å². The lowest BCUT2D eigenvalue weighted by atomic mass is 10.2. The second-order valence-corrected chi connectivity index (χ2v) is 3.96. The van der Waals surface area contributed by atoms with Crippen molar-refractivity contribution in [2.45, 2.75) is 27.2 Å². The topological polar surface area (TPSA) is 15.8 Å². The van der Waals surface area contributed by atoms with Gasteiger partial charge in [0.25, 0.3) is 0 Å². The number of nitrogens with zero attached hydrogens (tertiary/aromatic N) is 1. The van der Waals surface area contributed by atoms with Crippen LogP contribution in [-0.4, -0.2) is 35.6 Å². The number of nitrogens with one attached hydrogen (secondary N) is 1. The largest absolute Gasteiger partial charge is 0.365 e. The minimum atomic E-state index is 1.17. The van der Waals surface area contributed by atoms with E-state index < -0.39 is 0 Å². The van der Waals surface area contributed by atoms with Gasteiger partial charge in [-0.25, -0.2) is 0 Å². The molecule has 2 nitrogen and oxygen atoms in total. The molecule has 0 saturated carbocycles. The maximum Gasteiger partial charge on any atom is 0.0841 e. The molecule has 0 fully saturated rings. The Kier molecular flexibility index (Phi) is 4.21. The Balaban J connectivity index is 2.48. The Morgan fingerprint density at radius 2 is 1.79 bits per heavy atom. The van der Waals surface area contributed by atoms with E-state index in [1.807, 2.05) is 6.20 Å². The lowest BCUT2D eigenvalue weighted by Crippen LogP contribution is -2.48. The number of hydrogen-bond donors (Lipinski definition) is 1. The summed E-state index contributed by atoms with van der Waals surface area (Å²) in [7, 11) is 0. The second kappa shape index (κ2) is 5.20. The van der Waals surface area contributed by atoms with Crippen molar-refractivity contribution in [3.05, 3.63) is 24.0 Å². The van der Waals surface area contributed by atoms with Crippen LogP contribution in [0.25, 0.3) is 0 Å². The third-order valence-corrected chi connectivity index (χ3v) is 3.53. The van der Waals surface area contributed by atoms with Crippen LogP contribution in [-0.2, 0) is 6.42 Å². The molecule has 1 rings (SSSR count). The van der Waals surface area contributed by atoms with Crippen molar-refractivity contribution in [3.63, 3.8) is 0 Å². The number of rotatable bonds is 6. The van der Waals surface area contributed by atoms with Crippen LogP contribution in [0.1, 0.15) is 26.5 Å². The van der Waals surface area contributed by atoms with E-state index in [-0.39, 0.29) is 0 Å². The monoisotopic (exact) mass is 195 g/mol. The molecule has 0 amide bonds. The number of likely N-dealkylation sites (N-methyl/N-ethyl adjacent to an activating group) is 1. The Morgan fingerprint density at radius 1 is 1.14 bits per heavy atom. The molecule has 14 heavy (non-hydrogen) atoms. The fourth-order valence-corrected chi connectivity index (χ4v) is 2.03. The van der Waals surface area contributed by atoms with Gasteiger partial charge in [-0.2, -0.15) is 0 Å². The lowest BCUT2D eigenvalue weighted by molar-refractivity contribution is -0.923. The molecule has 1 aromatic heterocycles. The lowest BCUT2D eigenvalue weighted by Gasteiger charge is -2.35. The zero-order valence-corrected chi connectivity index (χ0v) is 9.71. The molecule has 0 atom stereocenters. The van der Waals surface area contributed by atoms with Gasteiger partial charge in [-0.15, -0.1) is 0 Å². The molecular formula is C12H23N2+. The number of aromatic nitrogens is 1. The molecule has 0 radical (unpaired) electrons. The standard InChI is InChI=1S/C12H23N2/c1-4-14(5-2,6-3)11-9-12-8-7-10-13-12/h7-8,10,13H,4-6,9,11H2,1-3H3/q+1. The van der Waals surface area contributed by atoms with Crippen molar-refractivity contribution >= 4 is 0 Å². The van der Waals surface area contributed by atoms with Gasteiger partial charge < -0.3 is 9.47 Å². The van der Waals surface area contributed by atoms with E-state index in [1.165, 1.54) is 42.8 Å². The summed E-state index contributed by atoms with van der Waals surface area (Å²) in [5, 5.41) is 0. The quantitative estimate of drug-likeness (QED) is 0.671. The van der Waals surface area contributed by atoms with Crippen LogP contribution in [0.5, 0.6) is 0 Å². The molecule has 0 aliphatic carbocycles. The summed E-state index contributed by atoms with van der Waals surface area (Å²) >= 11 is 0. The molecule has 0 saturated heterocycles. The Hall–Kier alpha value is -0.760. The summed E-state index contributed by atoms with van der Waals surface area (Å²) in [6.07, 6.45) is 3.18. The molecule has 0 unspecified atom stereocenters. The Labute approximate surface area is 87.5 Å². The first-order valence-corrected chi connectivity index (χ1v) is 5.73. The molecule has 0 aliphatic heterocycles. The van der Waals surface area contributed by atoms with Crippen molar-refractivity contribution in [3.8, 4) is 0 Å². The number of aromatic amines is 1. The average Bonchev–Trinajstić information content (AvgIpc) is 2.74. The molecular weight excluding hydrogens is 172 g/mol. The summed E-state index contributed by atoms with van der Waals surface area (Å²) < 4.78 is 1.24. The van der Waals surface area contributed by atoms with Crippen LogP contribution in [0.4, 0.5) is 0 Å². The number of H-pyrrole nitrogens is 1. The van der Waals surface area contributed by atoms with Gasteiger partial charge in [-0.1, -0.05) is 0 Å². The fourth-order valence-electron chi connectivity index (χ4n) is 2.03. The number of hydrogen-bond acceptors (Lipinski definition) is 0. The van der Waals surface area contributed by atoms with Crippen LogP contribution in [0, 0.1) is 0 Å². The highest BCUT2D eigenvalue weighted by atomic mass is 15.3. The molecule has 0 bridgehead atoms. The molecule has 1 heterocycles. The van der Waals surface area contributed by atoms with Crippen LogP contribution in [0.3, 0.4) is 0 Å². The summed E-state index contributed by atoms with van der Waals surface area (Å²) in [6, 6.07) is 4.25. The van der Waals surface area contributed by atoms with Crippen molar-refractivity contribution < 1.29 is 4.48 Å². The summed E-state index contributed by atoms with van der Waals surface area (Å²) in [4.78, 5) is 3.27. The summed E-state index contributed by atoms with van der Waals surface area (Å²) in [6.45, 7) is 11.9. The van der Waals surface area contributed by atoms with Crippen molar-refractivity contribution in [2.24, 2.45) is 0 Å². The Morgan fingerprint density at radius 3 is 2.21 bits per heavy atom. The van der Waals surface area contributed by atoms with Crippen LogP contribution < -0.4 is 0 Å². The van der Waals surface area contributed by atoms with Crippen molar-refractivity contribution in [1.29, 1.82) is 0 Å². The fraction of sp³-hybridized carbons (Fsp3) is 0.667. The molecule has 2 heteroatoms. The highest BCUT2D eigenvalue weighted by Crippen LogP contribution is 2.08. The average molecular weight is 195 g/mol. The highest BCUT2D eigenvalue weighted by molar-refractivity contribution is 5.03.